The maximum absolute atomic E-state index is 12.3. The number of nitrogens with zero attached hydrogens (tertiary/aromatic N) is 1. The van der Waals surface area contributed by atoms with Crippen molar-refractivity contribution in [3.8, 4) is 0 Å². The number of allylic oxidation sites excluding steroid dienone is 1. The summed E-state index contributed by atoms with van der Waals surface area (Å²) < 4.78 is 0. The number of aromatic nitrogens is 4. The fourth-order valence-electron chi connectivity index (χ4n) is 3.14. The van der Waals surface area contributed by atoms with E-state index in [9.17, 15) is 9.59 Å². The Morgan fingerprint density at radius 3 is 2.54 bits per heavy atom. The molecule has 24 heavy (non-hydrogen) atoms. The molecule has 0 spiro atoms. The Bertz CT molecular complexity index is 971. The van der Waals surface area contributed by atoms with Gasteiger partial charge in [-0.2, -0.15) is 0 Å². The number of rotatable bonds is 3. The van der Waals surface area contributed by atoms with Gasteiger partial charge in [0.15, 0.2) is 0 Å². The van der Waals surface area contributed by atoms with E-state index in [4.69, 9.17) is 0 Å². The third kappa shape index (κ3) is 3.48. The highest BCUT2D eigenvalue weighted by atomic mass is 16.1. The monoisotopic (exact) mass is 326 g/mol. The summed E-state index contributed by atoms with van der Waals surface area (Å²) in [5.41, 5.74) is 1.52. The number of hydrogen-bond donors (Lipinski definition) is 3. The van der Waals surface area contributed by atoms with Gasteiger partial charge in [0.1, 0.15) is 10.7 Å². The molecule has 6 nitrogen and oxygen atoms in total. The van der Waals surface area contributed by atoms with Gasteiger partial charge in [0.25, 0.3) is 11.1 Å². The van der Waals surface area contributed by atoms with E-state index in [-0.39, 0.29) is 16.5 Å². The number of H-pyrrole nitrogens is 3. The topological polar surface area (TPSA) is 94.4 Å². The van der Waals surface area contributed by atoms with Crippen molar-refractivity contribution in [2.45, 2.75) is 39.0 Å². The van der Waals surface area contributed by atoms with Gasteiger partial charge < -0.3 is 15.0 Å². The van der Waals surface area contributed by atoms with E-state index in [0.29, 0.717) is 17.0 Å². The largest absolute Gasteiger partial charge is 0.344 e. The first-order valence-corrected chi connectivity index (χ1v) is 8.30. The van der Waals surface area contributed by atoms with Crippen LogP contribution < -0.4 is 21.8 Å². The van der Waals surface area contributed by atoms with Crippen LogP contribution in [-0.2, 0) is 0 Å². The standard InChI is InChI=1S/C18H22N4O2/c1-11(2)16-13(19-10-20-16)9-15-18(24)21-14(17(23)22-15)8-12-6-4-3-5-7-12/h8-10,12H,1,3-7H2,2H3,(H,19,20)(H,21,24)(H,22,23)/b14-8-,15-9-. The Morgan fingerprint density at radius 1 is 1.17 bits per heavy atom. The van der Waals surface area contributed by atoms with E-state index in [0.717, 1.165) is 24.1 Å². The lowest BCUT2D eigenvalue weighted by molar-refractivity contribution is 0.435. The maximum Gasteiger partial charge on any atom is 0.272 e. The van der Waals surface area contributed by atoms with Crippen LogP contribution in [0.15, 0.2) is 22.5 Å². The summed E-state index contributed by atoms with van der Waals surface area (Å²) in [5, 5.41) is 0.543. The Morgan fingerprint density at radius 2 is 1.83 bits per heavy atom. The molecule has 1 saturated carbocycles. The molecule has 0 radical (unpaired) electrons. The van der Waals surface area contributed by atoms with Crippen molar-refractivity contribution in [3.63, 3.8) is 0 Å². The quantitative estimate of drug-likeness (QED) is 0.785. The molecule has 0 amide bonds. The van der Waals surface area contributed by atoms with Crippen molar-refractivity contribution in [2.24, 2.45) is 5.92 Å². The maximum atomic E-state index is 12.3. The third-order valence-corrected chi connectivity index (χ3v) is 4.41. The van der Waals surface area contributed by atoms with Crippen molar-refractivity contribution in [1.29, 1.82) is 0 Å². The average Bonchev–Trinajstić information content (AvgIpc) is 3.01. The lowest BCUT2D eigenvalue weighted by Gasteiger charge is -2.17. The van der Waals surface area contributed by atoms with Gasteiger partial charge in [-0.3, -0.25) is 9.59 Å². The number of imidazole rings is 1. The van der Waals surface area contributed by atoms with Crippen LogP contribution in [0.5, 0.6) is 0 Å². The van der Waals surface area contributed by atoms with Crippen LogP contribution >= 0.6 is 0 Å². The van der Waals surface area contributed by atoms with E-state index in [1.807, 2.05) is 13.0 Å². The van der Waals surface area contributed by atoms with Crippen molar-refractivity contribution >= 4 is 17.7 Å². The average molecular weight is 326 g/mol. The second-order valence-electron chi connectivity index (χ2n) is 6.39. The van der Waals surface area contributed by atoms with Crippen LogP contribution in [0.1, 0.15) is 50.4 Å². The van der Waals surface area contributed by atoms with Gasteiger partial charge in [-0.05, 0) is 37.3 Å². The SMILES string of the molecule is C=C(C)c1[nH]cnc1/C=c1\[nH]c(=O)/c(=C/C2CCCCC2)[nH]c1=O. The lowest BCUT2D eigenvalue weighted by atomic mass is 9.89. The van der Waals surface area contributed by atoms with Crippen LogP contribution in [0.2, 0.25) is 0 Å². The van der Waals surface area contributed by atoms with Gasteiger partial charge in [0.2, 0.25) is 0 Å². The molecule has 6 heteroatoms. The number of hydrogen-bond acceptors (Lipinski definition) is 3. The van der Waals surface area contributed by atoms with Crippen LogP contribution in [0.25, 0.3) is 17.7 Å². The summed E-state index contributed by atoms with van der Waals surface area (Å²) in [6, 6.07) is 0. The van der Waals surface area contributed by atoms with Crippen LogP contribution in [0, 0.1) is 5.92 Å². The number of aromatic amines is 3. The molecular formula is C18H22N4O2. The molecule has 0 unspecified atom stereocenters. The van der Waals surface area contributed by atoms with E-state index >= 15 is 0 Å². The Hall–Kier alpha value is -2.63. The van der Waals surface area contributed by atoms with E-state index in [1.165, 1.54) is 25.6 Å². The summed E-state index contributed by atoms with van der Waals surface area (Å²) in [5.74, 6) is 0.367. The van der Waals surface area contributed by atoms with Crippen LogP contribution in [0.4, 0.5) is 0 Å². The summed E-state index contributed by atoms with van der Waals surface area (Å²) in [4.78, 5) is 37.1. The molecular weight excluding hydrogens is 304 g/mol. The molecule has 1 aliphatic carbocycles. The zero-order chi connectivity index (χ0) is 17.1. The third-order valence-electron chi connectivity index (χ3n) is 4.41. The number of nitrogens with one attached hydrogen (secondary N) is 3. The molecule has 2 heterocycles. The molecule has 2 aromatic heterocycles. The molecule has 1 fully saturated rings. The van der Waals surface area contributed by atoms with Crippen molar-refractivity contribution in [2.75, 3.05) is 0 Å². The van der Waals surface area contributed by atoms with E-state index in [1.54, 1.807) is 6.08 Å². The highest BCUT2D eigenvalue weighted by Gasteiger charge is 2.11. The molecule has 0 aromatic carbocycles. The molecule has 0 aliphatic heterocycles. The molecule has 1 aliphatic rings. The van der Waals surface area contributed by atoms with E-state index < -0.39 is 0 Å². The minimum Gasteiger partial charge on any atom is -0.344 e. The first kappa shape index (κ1) is 16.2. The Kier molecular flexibility index (Phi) is 4.64. The van der Waals surface area contributed by atoms with Gasteiger partial charge >= 0.3 is 0 Å². The smallest absolute Gasteiger partial charge is 0.272 e. The highest BCUT2D eigenvalue weighted by molar-refractivity contribution is 5.66. The normalized spacial score (nSPS) is 17.4. The molecule has 3 rings (SSSR count). The second-order valence-corrected chi connectivity index (χ2v) is 6.39. The summed E-state index contributed by atoms with van der Waals surface area (Å²) in [6.07, 6.45) is 10.8. The fourth-order valence-corrected chi connectivity index (χ4v) is 3.14. The van der Waals surface area contributed by atoms with Gasteiger partial charge in [-0.1, -0.05) is 31.9 Å². The summed E-state index contributed by atoms with van der Waals surface area (Å²) in [6.45, 7) is 5.71. The van der Waals surface area contributed by atoms with Gasteiger partial charge in [-0.15, -0.1) is 0 Å². The first-order valence-electron chi connectivity index (χ1n) is 8.30. The predicted molar refractivity (Wildman–Crippen MR) is 94.8 cm³/mol. The first-order chi connectivity index (χ1) is 11.5. The van der Waals surface area contributed by atoms with E-state index in [2.05, 4.69) is 26.5 Å². The van der Waals surface area contributed by atoms with Crippen LogP contribution in [0.3, 0.4) is 0 Å². The Balaban J connectivity index is 2.04. The molecule has 0 atom stereocenters. The zero-order valence-corrected chi connectivity index (χ0v) is 13.8. The van der Waals surface area contributed by atoms with Gasteiger partial charge in [0.05, 0.1) is 17.7 Å². The fraction of sp³-hybridized carbons (Fsp3) is 0.389. The summed E-state index contributed by atoms with van der Waals surface area (Å²) >= 11 is 0. The highest BCUT2D eigenvalue weighted by Crippen LogP contribution is 2.24. The van der Waals surface area contributed by atoms with Crippen molar-refractivity contribution < 1.29 is 0 Å². The van der Waals surface area contributed by atoms with Crippen LogP contribution in [-0.4, -0.2) is 19.9 Å². The predicted octanol–water partition coefficient (Wildman–Crippen LogP) is 1.01. The van der Waals surface area contributed by atoms with Crippen molar-refractivity contribution in [1.82, 2.24) is 19.9 Å². The minimum absolute atomic E-state index is 0.190. The van der Waals surface area contributed by atoms with Crippen molar-refractivity contribution in [3.05, 3.63) is 55.7 Å². The lowest BCUT2D eigenvalue weighted by Crippen LogP contribution is -2.47. The van der Waals surface area contributed by atoms with Gasteiger partial charge in [-0.25, -0.2) is 4.98 Å². The molecule has 0 bridgehead atoms. The molecule has 3 N–H and O–H groups in total. The zero-order valence-electron chi connectivity index (χ0n) is 13.8. The second kappa shape index (κ2) is 6.86. The molecule has 126 valence electrons. The minimum atomic E-state index is -0.327. The summed E-state index contributed by atoms with van der Waals surface area (Å²) in [7, 11) is 0. The molecule has 2 aromatic rings. The van der Waals surface area contributed by atoms with Gasteiger partial charge in [0, 0.05) is 0 Å². The Labute approximate surface area is 139 Å². The molecule has 0 saturated heterocycles.